The summed E-state index contributed by atoms with van der Waals surface area (Å²) in [6.07, 6.45) is 0.989. The number of benzene rings is 2. The van der Waals surface area contributed by atoms with Crippen LogP contribution in [0.3, 0.4) is 0 Å². The highest BCUT2D eigenvalue weighted by molar-refractivity contribution is 6.31. The maximum Gasteiger partial charge on any atom is 0.338 e. The zero-order chi connectivity index (χ0) is 27.6. The minimum Gasteiger partial charge on any atom is -0.456 e. The molecule has 5 nitrogen and oxygen atoms in total. The van der Waals surface area contributed by atoms with Crippen molar-refractivity contribution in [2.75, 3.05) is 5.32 Å². The largest absolute Gasteiger partial charge is 0.456 e. The van der Waals surface area contributed by atoms with E-state index < -0.39 is 35.3 Å². The lowest BCUT2D eigenvalue weighted by atomic mass is 9.94. The lowest BCUT2D eigenvalue weighted by Crippen LogP contribution is -2.24. The van der Waals surface area contributed by atoms with Gasteiger partial charge in [-0.1, -0.05) is 36.6 Å². The molecule has 4 rings (SSSR count). The first-order valence-corrected chi connectivity index (χ1v) is 12.7. The quantitative estimate of drug-likeness (QED) is 0.292. The summed E-state index contributed by atoms with van der Waals surface area (Å²) in [6.45, 7) is 5.34. The van der Waals surface area contributed by atoms with E-state index in [1.54, 1.807) is 51.1 Å². The molecule has 0 spiro atoms. The summed E-state index contributed by atoms with van der Waals surface area (Å²) in [5, 5.41) is 2.60. The van der Waals surface area contributed by atoms with Crippen molar-refractivity contribution < 1.29 is 27.5 Å². The Morgan fingerprint density at radius 2 is 1.76 bits per heavy atom. The fourth-order valence-corrected chi connectivity index (χ4v) is 4.26. The third-order valence-electron chi connectivity index (χ3n) is 6.16. The van der Waals surface area contributed by atoms with Crippen molar-refractivity contribution in [3.8, 4) is 11.1 Å². The molecule has 3 aromatic rings. The normalized spacial score (nSPS) is 14.3. The molecule has 1 amide bonds. The van der Waals surface area contributed by atoms with Gasteiger partial charge >= 0.3 is 5.97 Å². The van der Waals surface area contributed by atoms with Gasteiger partial charge < -0.3 is 10.1 Å². The lowest BCUT2D eigenvalue weighted by molar-refractivity contribution is -0.117. The van der Waals surface area contributed by atoms with Crippen molar-refractivity contribution in [3.63, 3.8) is 0 Å². The highest BCUT2D eigenvalue weighted by Gasteiger charge is 2.32. The number of nitrogens with zero attached hydrogens (tertiary/aromatic N) is 1. The number of esters is 1. The number of anilines is 1. The number of alkyl halides is 2. The molecule has 2 aromatic carbocycles. The summed E-state index contributed by atoms with van der Waals surface area (Å²) in [4.78, 5) is 29.9. The third-order valence-corrected chi connectivity index (χ3v) is 6.46. The van der Waals surface area contributed by atoms with Gasteiger partial charge in [0.1, 0.15) is 11.4 Å². The first-order chi connectivity index (χ1) is 17.9. The molecule has 200 valence electrons. The van der Waals surface area contributed by atoms with Gasteiger partial charge in [-0.2, -0.15) is 0 Å². The summed E-state index contributed by atoms with van der Waals surface area (Å²) in [6, 6.07) is 11.6. The van der Waals surface area contributed by atoms with Gasteiger partial charge in [0.25, 0.3) is 6.43 Å². The van der Waals surface area contributed by atoms with Gasteiger partial charge in [0.15, 0.2) is 0 Å². The van der Waals surface area contributed by atoms with Crippen LogP contribution in [0.25, 0.3) is 11.1 Å². The van der Waals surface area contributed by atoms with Crippen molar-refractivity contribution in [2.24, 2.45) is 5.92 Å². The van der Waals surface area contributed by atoms with Crippen LogP contribution < -0.4 is 5.32 Å². The average molecular weight is 545 g/mol. The number of hydrogen-bond acceptors (Lipinski definition) is 4. The van der Waals surface area contributed by atoms with Crippen LogP contribution in [0.15, 0.2) is 54.7 Å². The number of nitrogens with one attached hydrogen (secondary N) is 1. The van der Waals surface area contributed by atoms with Crippen LogP contribution >= 0.6 is 11.6 Å². The van der Waals surface area contributed by atoms with Crippen molar-refractivity contribution in [1.29, 1.82) is 0 Å². The minimum atomic E-state index is -2.90. The second-order valence-electron chi connectivity index (χ2n) is 10.4. The van der Waals surface area contributed by atoms with Gasteiger partial charge in [-0.3, -0.25) is 9.78 Å². The number of ether oxygens (including phenoxy) is 1. The summed E-state index contributed by atoms with van der Waals surface area (Å²) >= 11 is 5.84. The molecule has 1 saturated carbocycles. The molecule has 0 radical (unpaired) electrons. The van der Waals surface area contributed by atoms with Crippen molar-refractivity contribution in [2.45, 2.75) is 58.0 Å². The topological polar surface area (TPSA) is 68.3 Å². The molecular formula is C29H28ClF3N2O3. The predicted octanol–water partition coefficient (Wildman–Crippen LogP) is 7.96. The first kappa shape index (κ1) is 27.6. The van der Waals surface area contributed by atoms with Crippen LogP contribution in [0.4, 0.5) is 18.9 Å². The van der Waals surface area contributed by atoms with E-state index in [0.29, 0.717) is 29.3 Å². The zero-order valence-corrected chi connectivity index (χ0v) is 22.0. The molecule has 1 aliphatic rings. The van der Waals surface area contributed by atoms with E-state index in [1.807, 2.05) is 0 Å². The maximum atomic E-state index is 14.7. The molecule has 1 aliphatic carbocycles. The fraction of sp³-hybridized carbons (Fsp3) is 0.345. The van der Waals surface area contributed by atoms with E-state index in [1.165, 1.54) is 12.3 Å². The lowest BCUT2D eigenvalue weighted by Gasteiger charge is -2.20. The molecule has 1 atom stereocenters. The Labute approximate surface area is 224 Å². The number of carbonyl (C=O) groups is 2. The maximum absolute atomic E-state index is 14.7. The summed E-state index contributed by atoms with van der Waals surface area (Å²) in [5.74, 6) is -1.90. The Balaban J connectivity index is 1.54. The SMILES string of the molecule is CC(C)(C)OC(=O)c1ccc(NC(=O)C(CC2CC2)c2ccc(-c3c(C(F)F)ccc(Cl)c3F)cn2)cc1. The van der Waals surface area contributed by atoms with Gasteiger partial charge in [0.05, 0.1) is 22.2 Å². The number of hydrogen-bond donors (Lipinski definition) is 1. The Bertz CT molecular complexity index is 1320. The van der Waals surface area contributed by atoms with Crippen LogP contribution in [0.2, 0.25) is 5.02 Å². The molecule has 1 fully saturated rings. The van der Waals surface area contributed by atoms with Gasteiger partial charge in [0.2, 0.25) is 5.91 Å². The molecule has 38 heavy (non-hydrogen) atoms. The standard InChI is InChI=1S/C29H28ClF3N2O3/c1-29(2,3)38-28(37)17-6-9-19(10-7-17)35-27(36)21(14-16-4-5-16)23-13-8-18(15-34-23)24-20(26(32)33)11-12-22(30)25(24)31/h6-13,15-16,21,26H,4-5,14H2,1-3H3,(H,35,36). The molecule has 9 heteroatoms. The van der Waals surface area contributed by atoms with Crippen LogP contribution in [0.5, 0.6) is 0 Å². The van der Waals surface area contributed by atoms with E-state index in [0.717, 1.165) is 25.0 Å². The van der Waals surface area contributed by atoms with E-state index >= 15 is 0 Å². The molecular weight excluding hydrogens is 517 g/mol. The third kappa shape index (κ3) is 6.72. The number of halogens is 4. The number of carbonyl (C=O) groups excluding carboxylic acids is 2. The second-order valence-corrected chi connectivity index (χ2v) is 10.8. The van der Waals surface area contributed by atoms with Gasteiger partial charge in [-0.15, -0.1) is 0 Å². The molecule has 0 saturated heterocycles. The van der Waals surface area contributed by atoms with Crippen molar-refractivity contribution in [3.05, 3.63) is 82.4 Å². The highest BCUT2D eigenvalue weighted by atomic mass is 35.5. The monoisotopic (exact) mass is 544 g/mol. The minimum absolute atomic E-state index is 0.146. The van der Waals surface area contributed by atoms with Gasteiger partial charge in [0, 0.05) is 28.6 Å². The zero-order valence-electron chi connectivity index (χ0n) is 21.2. The fourth-order valence-electron chi connectivity index (χ4n) is 4.11. The van der Waals surface area contributed by atoms with Crippen LogP contribution in [-0.2, 0) is 9.53 Å². The number of rotatable bonds is 8. The second kappa shape index (κ2) is 11.2. The van der Waals surface area contributed by atoms with E-state index in [4.69, 9.17) is 16.3 Å². The molecule has 1 N–H and O–H groups in total. The van der Waals surface area contributed by atoms with Crippen LogP contribution in [0, 0.1) is 11.7 Å². The summed E-state index contributed by atoms with van der Waals surface area (Å²) < 4.78 is 47.1. The average Bonchev–Trinajstić information content (AvgIpc) is 3.68. The smallest absolute Gasteiger partial charge is 0.338 e. The molecule has 0 aliphatic heterocycles. The number of aromatic nitrogens is 1. The van der Waals surface area contributed by atoms with Gasteiger partial charge in [-0.05, 0) is 69.5 Å². The number of amides is 1. The molecule has 1 aromatic heterocycles. The van der Waals surface area contributed by atoms with Crippen LogP contribution in [-0.4, -0.2) is 22.5 Å². The summed E-state index contributed by atoms with van der Waals surface area (Å²) in [5.41, 5.74) is 0.0472. The Kier molecular flexibility index (Phi) is 8.11. The highest BCUT2D eigenvalue weighted by Crippen LogP contribution is 2.40. The van der Waals surface area contributed by atoms with E-state index in [2.05, 4.69) is 10.3 Å². The van der Waals surface area contributed by atoms with Crippen molar-refractivity contribution >= 4 is 29.2 Å². The Morgan fingerprint density at radius 1 is 1.08 bits per heavy atom. The van der Waals surface area contributed by atoms with Crippen molar-refractivity contribution in [1.82, 2.24) is 4.98 Å². The summed E-state index contributed by atoms with van der Waals surface area (Å²) in [7, 11) is 0. The van der Waals surface area contributed by atoms with Gasteiger partial charge in [-0.25, -0.2) is 18.0 Å². The van der Waals surface area contributed by atoms with Crippen LogP contribution in [0.1, 0.15) is 74.0 Å². The van der Waals surface area contributed by atoms with E-state index in [-0.39, 0.29) is 22.1 Å². The van der Waals surface area contributed by atoms with E-state index in [9.17, 15) is 22.8 Å². The molecule has 1 unspecified atom stereocenters. The number of pyridine rings is 1. The molecule has 0 bridgehead atoms. The Morgan fingerprint density at radius 3 is 2.32 bits per heavy atom. The Hall–Kier alpha value is -3.39. The first-order valence-electron chi connectivity index (χ1n) is 12.3. The molecule has 1 heterocycles. The predicted molar refractivity (Wildman–Crippen MR) is 140 cm³/mol.